The Morgan fingerprint density at radius 1 is 0.902 bits per heavy atom. The van der Waals surface area contributed by atoms with Crippen LogP contribution >= 0.6 is 0 Å². The van der Waals surface area contributed by atoms with E-state index in [0.717, 1.165) is 11.1 Å². The minimum Gasteiger partial charge on any atom is -0.481 e. The predicted octanol–water partition coefficient (Wildman–Crippen LogP) is 2.13. The highest BCUT2D eigenvalue weighted by Crippen LogP contribution is 2.25. The summed E-state index contributed by atoms with van der Waals surface area (Å²) in [5, 5.41) is 27.9. The lowest BCUT2D eigenvalue weighted by molar-refractivity contribution is -0.154. The van der Waals surface area contributed by atoms with Gasteiger partial charge in [-0.25, -0.2) is 10.9 Å². The highest BCUT2D eigenvalue weighted by molar-refractivity contribution is 7.85. The average Bonchev–Trinajstić information content (AvgIpc) is 2.94. The summed E-state index contributed by atoms with van der Waals surface area (Å²) in [5.74, 6) is 0.902. The molecule has 13 nitrogen and oxygen atoms in total. The van der Waals surface area contributed by atoms with Crippen molar-refractivity contribution in [3.63, 3.8) is 0 Å². The lowest BCUT2D eigenvalue weighted by Gasteiger charge is -2.17. The number of carboxylic acids is 2. The summed E-state index contributed by atoms with van der Waals surface area (Å²) in [4.78, 5) is 34.8. The lowest BCUT2D eigenvalue weighted by atomic mass is 9.99. The van der Waals surface area contributed by atoms with Crippen molar-refractivity contribution >= 4 is 62.9 Å². The summed E-state index contributed by atoms with van der Waals surface area (Å²) >= 11 is 0. The maximum absolute atomic E-state index is 12.9. The van der Waals surface area contributed by atoms with E-state index >= 15 is 0 Å². The van der Waals surface area contributed by atoms with Crippen LogP contribution in [-0.4, -0.2) is 41.0 Å². The molecule has 0 heterocycles. The minimum absolute atomic E-state index is 0.0534. The van der Waals surface area contributed by atoms with Crippen LogP contribution in [0.2, 0.25) is 0 Å². The van der Waals surface area contributed by atoms with Crippen molar-refractivity contribution < 1.29 is 37.6 Å². The first-order valence-corrected chi connectivity index (χ1v) is 13.6. The molecule has 7 N–H and O–H groups in total. The van der Waals surface area contributed by atoms with E-state index in [1.54, 1.807) is 12.2 Å². The van der Waals surface area contributed by atoms with Gasteiger partial charge in [0.1, 0.15) is 10.6 Å². The number of nitrogens with two attached hydrogens (primary N) is 2. The number of rotatable bonds is 9. The molecule has 4 rings (SSSR count). The summed E-state index contributed by atoms with van der Waals surface area (Å²) in [6, 6.07) is 13.0. The summed E-state index contributed by atoms with van der Waals surface area (Å²) in [5.41, 5.74) is 7.72. The molecule has 1 amide bonds. The van der Waals surface area contributed by atoms with E-state index in [-0.39, 0.29) is 33.9 Å². The number of fused-ring (bicyclic) bond motifs is 1. The third kappa shape index (κ3) is 6.46. The quantitative estimate of drug-likeness (QED) is 0.0472. The molecular weight excluding hydrogens is 554 g/mol. The van der Waals surface area contributed by atoms with Crippen molar-refractivity contribution in [2.75, 3.05) is 10.7 Å². The van der Waals surface area contributed by atoms with E-state index < -0.39 is 33.9 Å². The third-order valence-electron chi connectivity index (χ3n) is 6.39. The number of azo groups is 1. The van der Waals surface area contributed by atoms with Crippen molar-refractivity contribution in [2.24, 2.45) is 22.0 Å². The molecule has 0 saturated heterocycles. The fourth-order valence-corrected chi connectivity index (χ4v) is 4.96. The van der Waals surface area contributed by atoms with Gasteiger partial charge in [0.05, 0.1) is 17.1 Å². The van der Waals surface area contributed by atoms with Gasteiger partial charge < -0.3 is 15.9 Å². The highest BCUT2D eigenvalue weighted by atomic mass is 32.2. The van der Waals surface area contributed by atoms with Crippen LogP contribution in [0.4, 0.5) is 22.7 Å². The maximum Gasteiger partial charge on any atom is 0.318 e. The predicted molar refractivity (Wildman–Crippen MR) is 149 cm³/mol. The zero-order valence-electron chi connectivity index (χ0n) is 21.3. The Morgan fingerprint density at radius 2 is 1.49 bits per heavy atom. The summed E-state index contributed by atoms with van der Waals surface area (Å²) in [6.07, 6.45) is 4.48. The molecule has 0 fully saturated rings. The second-order valence-electron chi connectivity index (χ2n) is 9.12. The van der Waals surface area contributed by atoms with E-state index in [1.807, 2.05) is 0 Å². The van der Waals surface area contributed by atoms with Gasteiger partial charge in [0, 0.05) is 16.0 Å². The van der Waals surface area contributed by atoms with Crippen molar-refractivity contribution in [1.29, 1.82) is 0 Å². The molecule has 14 heteroatoms. The van der Waals surface area contributed by atoms with E-state index in [9.17, 15) is 27.4 Å². The molecule has 0 aromatic heterocycles. The van der Waals surface area contributed by atoms with Crippen LogP contribution in [0.15, 0.2) is 69.7 Å². The third-order valence-corrected chi connectivity index (χ3v) is 7.28. The smallest absolute Gasteiger partial charge is 0.318 e. The number of hydrogen-bond donors (Lipinski definition) is 5. The van der Waals surface area contributed by atoms with Crippen LogP contribution in [0, 0.1) is 5.92 Å². The van der Waals surface area contributed by atoms with Crippen molar-refractivity contribution in [2.45, 2.75) is 24.2 Å². The number of nitrogens with zero attached hydrogens (tertiary/aromatic N) is 3. The van der Waals surface area contributed by atoms with Crippen molar-refractivity contribution in [1.82, 2.24) is 0 Å². The van der Waals surface area contributed by atoms with Crippen LogP contribution in [0.3, 0.4) is 0 Å². The van der Waals surface area contributed by atoms with Crippen molar-refractivity contribution in [3.05, 3.63) is 76.2 Å². The second-order valence-corrected chi connectivity index (χ2v) is 10.5. The summed E-state index contributed by atoms with van der Waals surface area (Å²) < 4.78 is 33.5. The highest BCUT2D eigenvalue weighted by Gasteiger charge is 2.26. The first-order chi connectivity index (χ1) is 19.4. The van der Waals surface area contributed by atoms with Gasteiger partial charge in [-0.05, 0) is 67.3 Å². The number of hydrogen-bond acceptors (Lipinski definition) is 9. The number of anilines is 2. The zero-order chi connectivity index (χ0) is 29.9. The first kappa shape index (κ1) is 29.1. The number of carbonyl (C=O) groups is 3. The fourth-order valence-electron chi connectivity index (χ4n) is 4.22. The number of carboxylic acid groups (broad SMARTS) is 2. The molecular formula is C27H25N5O8S. The van der Waals surface area contributed by atoms with Crippen LogP contribution in [0.25, 0.3) is 12.2 Å². The SMILES string of the molecule is Nc1c(N=Nc2ccc(C(=O)N(N)c3ccc(CC(C(=O)O)C(=O)O)cc3)cc2)cc(S(=O)(=O)O)c2c1=CCCC=2. The number of amides is 1. The van der Waals surface area contributed by atoms with E-state index in [1.165, 1.54) is 48.5 Å². The molecule has 0 bridgehead atoms. The van der Waals surface area contributed by atoms with Gasteiger partial charge >= 0.3 is 11.9 Å². The topological polar surface area (TPSA) is 226 Å². The average molecular weight is 580 g/mol. The Kier molecular flexibility index (Phi) is 8.28. The Labute approximate surface area is 233 Å². The molecule has 41 heavy (non-hydrogen) atoms. The Hall–Kier alpha value is -4.92. The van der Waals surface area contributed by atoms with E-state index in [2.05, 4.69) is 10.2 Å². The standard InChI is InChI=1S/C27H25N5O8S/c28-24-20-4-2-1-3-19(20)23(41(38,39)40)14-22(24)31-30-17-9-7-16(8-10-17)25(33)32(29)18-11-5-15(6-12-18)13-21(26(34)35)27(36)37/h3-12,14,21H,1-2,13,28-29H2,(H,34,35)(H,36,37)(H,38,39,40). The van der Waals surface area contributed by atoms with Crippen LogP contribution in [-0.2, 0) is 26.1 Å². The first-order valence-electron chi connectivity index (χ1n) is 12.1. The van der Waals surface area contributed by atoms with Gasteiger partial charge in [0.15, 0.2) is 5.92 Å². The normalized spacial score (nSPS) is 12.9. The number of carbonyl (C=O) groups excluding carboxylic acids is 1. The van der Waals surface area contributed by atoms with Gasteiger partial charge in [-0.3, -0.25) is 18.9 Å². The summed E-state index contributed by atoms with van der Waals surface area (Å²) in [6.45, 7) is 0. The van der Waals surface area contributed by atoms with Gasteiger partial charge in [-0.2, -0.15) is 13.5 Å². The van der Waals surface area contributed by atoms with Crippen LogP contribution in [0.1, 0.15) is 28.8 Å². The van der Waals surface area contributed by atoms with Crippen molar-refractivity contribution in [3.8, 4) is 0 Å². The Balaban J connectivity index is 1.51. The number of hydrazine groups is 1. The van der Waals surface area contributed by atoms with Crippen LogP contribution in [0.5, 0.6) is 0 Å². The number of aliphatic carboxylic acids is 2. The second kappa shape index (κ2) is 11.7. The monoisotopic (exact) mass is 579 g/mol. The molecule has 0 saturated carbocycles. The van der Waals surface area contributed by atoms with Crippen LogP contribution < -0.4 is 27.0 Å². The Morgan fingerprint density at radius 3 is 2.05 bits per heavy atom. The molecule has 3 aromatic carbocycles. The van der Waals surface area contributed by atoms with E-state index in [4.69, 9.17) is 21.8 Å². The Bertz CT molecular complexity index is 1770. The number of nitrogen functional groups attached to an aromatic ring is 1. The molecule has 0 radical (unpaired) electrons. The number of benzene rings is 3. The molecule has 0 atom stereocenters. The van der Waals surface area contributed by atoms with Gasteiger partial charge in [-0.1, -0.05) is 24.3 Å². The molecule has 212 valence electrons. The van der Waals surface area contributed by atoms with E-state index in [0.29, 0.717) is 34.5 Å². The molecule has 1 aliphatic rings. The largest absolute Gasteiger partial charge is 0.481 e. The van der Waals surface area contributed by atoms with Gasteiger partial charge in [-0.15, -0.1) is 5.11 Å². The van der Waals surface area contributed by atoms with Gasteiger partial charge in [0.2, 0.25) is 0 Å². The fraction of sp³-hybridized carbons (Fsp3) is 0.148. The molecule has 0 unspecified atom stereocenters. The zero-order valence-corrected chi connectivity index (χ0v) is 22.2. The lowest BCUT2D eigenvalue weighted by Crippen LogP contribution is -2.37. The molecule has 3 aromatic rings. The molecule has 0 aliphatic heterocycles. The minimum atomic E-state index is -4.54. The summed E-state index contributed by atoms with van der Waals surface area (Å²) in [7, 11) is -4.54. The van der Waals surface area contributed by atoms with Gasteiger partial charge in [0.25, 0.3) is 16.0 Å². The maximum atomic E-state index is 12.9. The molecule has 1 aliphatic carbocycles. The molecule has 0 spiro atoms.